The van der Waals surface area contributed by atoms with E-state index in [1.807, 2.05) is 0 Å². The van der Waals surface area contributed by atoms with Gasteiger partial charge in [0.05, 0.1) is 18.2 Å². The van der Waals surface area contributed by atoms with Crippen LogP contribution in [0, 0.1) is 29.9 Å². The molecule has 3 N–H and O–H groups in total. The molecule has 7 nitrogen and oxygen atoms in total. The topological polar surface area (TPSA) is 82.4 Å². The van der Waals surface area contributed by atoms with Crippen LogP contribution in [-0.2, 0) is 6.54 Å². The Morgan fingerprint density at radius 3 is 2.56 bits per heavy atom. The molecule has 2 heterocycles. The summed E-state index contributed by atoms with van der Waals surface area (Å²) in [6.45, 7) is 3.28. The number of halogens is 5. The summed E-state index contributed by atoms with van der Waals surface area (Å²) in [5.41, 5.74) is 3.37. The fraction of sp³-hybridized carbons (Fsp3) is 0.355. The molecule has 43 heavy (non-hydrogen) atoms. The highest BCUT2D eigenvalue weighted by Gasteiger charge is 2.47. The number of nitrogens with one attached hydrogen (secondary N) is 3. The fourth-order valence-corrected chi connectivity index (χ4v) is 5.36. The Kier molecular flexibility index (Phi) is 8.33. The normalized spacial score (nSPS) is 17.5. The van der Waals surface area contributed by atoms with Gasteiger partial charge >= 0.3 is 6.18 Å². The Balaban J connectivity index is 1.64. The van der Waals surface area contributed by atoms with Gasteiger partial charge in [0.2, 0.25) is 0 Å². The number of amides is 1. The Hall–Kier alpha value is -4.19. The van der Waals surface area contributed by atoms with E-state index in [4.69, 9.17) is 10.1 Å². The molecular weight excluding hydrogens is 569 g/mol. The number of hydrogen-bond donors (Lipinski definition) is 3. The number of rotatable bonds is 9. The first-order valence-electron chi connectivity index (χ1n) is 13.9. The van der Waals surface area contributed by atoms with Crippen LogP contribution in [0.2, 0.25) is 0 Å². The number of carbonyl (C=O) groups is 1. The molecule has 3 aromatic rings. The molecule has 0 spiro atoms. The van der Waals surface area contributed by atoms with Crippen molar-refractivity contribution in [2.24, 2.45) is 5.92 Å². The lowest BCUT2D eigenvalue weighted by Gasteiger charge is -2.24. The zero-order chi connectivity index (χ0) is 31.1. The summed E-state index contributed by atoms with van der Waals surface area (Å²) in [4.78, 5) is 14.0. The second-order valence-electron chi connectivity index (χ2n) is 10.9. The van der Waals surface area contributed by atoms with Crippen molar-refractivity contribution >= 4 is 11.5 Å². The third-order valence-electron chi connectivity index (χ3n) is 7.59. The predicted molar refractivity (Wildman–Crippen MR) is 150 cm³/mol. The standard InChI is InChI=1S/C31H32F5N5O2/c1-4-43-27-21(23-16-40(3)39-28(23)31(34,35)36)13-18(15-41-11-5-6-25(33)29(41)37)14-22(27)30(42)38-26(19-7-8-19)20-9-10-24(32)17(2)12-20/h5-6,9-14,16,19,26,28,37,39H,4,7-8,15H2,1-3H3,(H,38,42). The van der Waals surface area contributed by atoms with E-state index in [1.54, 1.807) is 26.0 Å². The minimum Gasteiger partial charge on any atom is -0.492 e. The number of pyridine rings is 1. The van der Waals surface area contributed by atoms with Gasteiger partial charge in [0.15, 0.2) is 11.3 Å². The Bertz CT molecular complexity index is 1630. The average Bonchev–Trinajstić information content (AvgIpc) is 3.71. The number of aryl methyl sites for hydroxylation is 1. The number of hydrogen-bond acceptors (Lipinski definition) is 5. The first-order chi connectivity index (χ1) is 20.4. The first-order valence-corrected chi connectivity index (χ1v) is 13.9. The van der Waals surface area contributed by atoms with E-state index in [0.717, 1.165) is 24.5 Å². The molecule has 2 aliphatic rings. The third kappa shape index (κ3) is 6.43. The van der Waals surface area contributed by atoms with Crippen LogP contribution in [0.15, 0.2) is 54.9 Å². The Morgan fingerprint density at radius 1 is 1.16 bits per heavy atom. The van der Waals surface area contributed by atoms with Crippen LogP contribution in [0.3, 0.4) is 0 Å². The largest absolute Gasteiger partial charge is 0.492 e. The number of hydrazine groups is 1. The van der Waals surface area contributed by atoms with Gasteiger partial charge in [-0.2, -0.15) is 13.2 Å². The highest BCUT2D eigenvalue weighted by Crippen LogP contribution is 2.43. The molecule has 5 rings (SSSR count). The van der Waals surface area contributed by atoms with E-state index in [-0.39, 0.29) is 47.3 Å². The molecule has 0 radical (unpaired) electrons. The molecule has 2 atom stereocenters. The minimum atomic E-state index is -4.67. The van der Waals surface area contributed by atoms with Crippen molar-refractivity contribution in [2.45, 2.75) is 51.5 Å². The molecule has 1 saturated carbocycles. The van der Waals surface area contributed by atoms with Crippen LogP contribution in [0.25, 0.3) is 5.57 Å². The highest BCUT2D eigenvalue weighted by molar-refractivity contribution is 5.99. The lowest BCUT2D eigenvalue weighted by molar-refractivity contribution is -0.146. The molecular formula is C31H32F5N5O2. The van der Waals surface area contributed by atoms with Gasteiger partial charge in [-0.05, 0) is 79.6 Å². The second-order valence-corrected chi connectivity index (χ2v) is 10.9. The van der Waals surface area contributed by atoms with Crippen molar-refractivity contribution in [1.82, 2.24) is 20.3 Å². The summed E-state index contributed by atoms with van der Waals surface area (Å²) in [6, 6.07) is 7.64. The van der Waals surface area contributed by atoms with Gasteiger partial charge in [-0.1, -0.05) is 12.1 Å². The average molecular weight is 602 g/mol. The summed E-state index contributed by atoms with van der Waals surface area (Å²) < 4.78 is 77.8. The van der Waals surface area contributed by atoms with E-state index in [2.05, 4.69) is 10.7 Å². The van der Waals surface area contributed by atoms with Crippen LogP contribution in [0.5, 0.6) is 5.75 Å². The fourth-order valence-electron chi connectivity index (χ4n) is 5.36. The summed E-state index contributed by atoms with van der Waals surface area (Å²) in [5.74, 6) is -1.63. The van der Waals surface area contributed by atoms with E-state index in [1.165, 1.54) is 53.3 Å². The van der Waals surface area contributed by atoms with Gasteiger partial charge in [-0.15, -0.1) is 0 Å². The molecule has 1 fully saturated rings. The summed E-state index contributed by atoms with van der Waals surface area (Å²) in [6.07, 6.45) is -0.191. The van der Waals surface area contributed by atoms with Gasteiger partial charge in [0, 0.05) is 37.1 Å². The molecule has 228 valence electrons. The zero-order valence-electron chi connectivity index (χ0n) is 23.9. The Morgan fingerprint density at radius 2 is 1.91 bits per heavy atom. The number of alkyl halides is 3. The van der Waals surface area contributed by atoms with Crippen molar-refractivity contribution in [3.05, 3.63) is 99.8 Å². The van der Waals surface area contributed by atoms with Gasteiger partial charge in [-0.3, -0.25) is 10.2 Å². The van der Waals surface area contributed by atoms with Gasteiger partial charge in [-0.25, -0.2) is 14.2 Å². The molecule has 2 unspecified atom stereocenters. The van der Waals surface area contributed by atoms with Crippen LogP contribution >= 0.6 is 0 Å². The van der Waals surface area contributed by atoms with Crippen molar-refractivity contribution in [3.63, 3.8) is 0 Å². The maximum atomic E-state index is 14.2. The molecule has 0 bridgehead atoms. The monoisotopic (exact) mass is 601 g/mol. The van der Waals surface area contributed by atoms with Crippen molar-refractivity contribution in [3.8, 4) is 5.75 Å². The van der Waals surface area contributed by atoms with Crippen LogP contribution in [-0.4, -0.2) is 41.4 Å². The number of benzene rings is 2. The van der Waals surface area contributed by atoms with E-state index < -0.39 is 35.5 Å². The van der Waals surface area contributed by atoms with E-state index in [9.17, 15) is 26.7 Å². The number of aromatic nitrogens is 1. The van der Waals surface area contributed by atoms with Crippen LogP contribution in [0.4, 0.5) is 22.0 Å². The molecule has 12 heteroatoms. The van der Waals surface area contributed by atoms with Crippen molar-refractivity contribution in [2.75, 3.05) is 13.7 Å². The predicted octanol–water partition coefficient (Wildman–Crippen LogP) is 5.60. The van der Waals surface area contributed by atoms with Crippen LogP contribution in [0.1, 0.15) is 58.4 Å². The molecule has 1 aromatic heterocycles. The van der Waals surface area contributed by atoms with Gasteiger partial charge in [0.25, 0.3) is 5.91 Å². The second kappa shape index (κ2) is 11.8. The van der Waals surface area contributed by atoms with Crippen LogP contribution < -0.4 is 21.0 Å². The van der Waals surface area contributed by atoms with E-state index in [0.29, 0.717) is 11.1 Å². The third-order valence-corrected chi connectivity index (χ3v) is 7.59. The first kappa shape index (κ1) is 30.3. The SMILES string of the molecule is CCOc1c(C(=O)NC(c2ccc(F)c(C)c2)C2CC2)cc(Cn2cccc(F)c2=N)cc1C1=CN(C)NC1C(F)(F)F. The number of ether oxygens (including phenoxy) is 1. The molecule has 1 amide bonds. The van der Waals surface area contributed by atoms with Gasteiger partial charge in [0.1, 0.15) is 17.6 Å². The molecule has 0 saturated heterocycles. The minimum absolute atomic E-state index is 0.00116. The summed E-state index contributed by atoms with van der Waals surface area (Å²) in [5, 5.41) is 12.3. The zero-order valence-corrected chi connectivity index (χ0v) is 23.9. The lowest BCUT2D eigenvalue weighted by atomic mass is 9.93. The summed E-state index contributed by atoms with van der Waals surface area (Å²) >= 11 is 0. The number of nitrogens with zero attached hydrogens (tertiary/aromatic N) is 2. The number of carbonyl (C=O) groups excluding carboxylic acids is 1. The molecule has 2 aromatic carbocycles. The van der Waals surface area contributed by atoms with E-state index >= 15 is 0 Å². The van der Waals surface area contributed by atoms with Gasteiger partial charge < -0.3 is 19.6 Å². The quantitative estimate of drug-likeness (QED) is 0.279. The highest BCUT2D eigenvalue weighted by atomic mass is 19.4. The summed E-state index contributed by atoms with van der Waals surface area (Å²) in [7, 11) is 1.43. The smallest absolute Gasteiger partial charge is 0.409 e. The van der Waals surface area contributed by atoms with Crippen molar-refractivity contribution < 1.29 is 31.5 Å². The maximum Gasteiger partial charge on any atom is 0.409 e. The maximum absolute atomic E-state index is 14.2. The Labute approximate surface area is 245 Å². The lowest BCUT2D eigenvalue weighted by Crippen LogP contribution is -2.43. The van der Waals surface area contributed by atoms with Crippen molar-refractivity contribution in [1.29, 1.82) is 5.41 Å². The molecule has 1 aliphatic heterocycles. The molecule has 1 aliphatic carbocycles.